The van der Waals surface area contributed by atoms with Gasteiger partial charge in [-0.3, -0.25) is 28.8 Å². The van der Waals surface area contributed by atoms with Crippen LogP contribution in [0.2, 0.25) is 0 Å². The molecule has 0 unspecified atom stereocenters. The first-order chi connectivity index (χ1) is 28.5. The molecule has 14 heteroatoms. The molecule has 0 saturated carbocycles. The van der Waals surface area contributed by atoms with Crippen molar-refractivity contribution < 1.29 is 28.8 Å². The number of para-hydroxylation sites is 1. The largest absolute Gasteiger partial charge is 0.361 e. The number of hydrogen-bond donors (Lipinski definition) is 7. The smallest absolute Gasteiger partial charge is 0.246 e. The van der Waals surface area contributed by atoms with E-state index < -0.39 is 77.6 Å². The predicted octanol–water partition coefficient (Wildman–Crippen LogP) is 2.41. The summed E-state index contributed by atoms with van der Waals surface area (Å²) in [4.78, 5) is 90.9. The maximum absolute atomic E-state index is 14.5. The lowest BCUT2D eigenvalue weighted by atomic mass is 9.98. The summed E-state index contributed by atoms with van der Waals surface area (Å²) in [5.41, 5.74) is 8.98. The van der Waals surface area contributed by atoms with E-state index >= 15 is 0 Å². The number of carbonyl (C=O) groups excluding carboxylic acids is 6. The number of aromatic nitrogens is 1. The standard InChI is InChI=1S/C45H56N8O6/c1-28(2)39-44(58)51-37(25-30-16-7-4-8-17-30)45(59)53-23-13-21-38(53)43(57)50-35(24-29-14-5-3-6-15-29)41(55)49-36(26-31-27-47-33-19-10-9-18-32(31)33)42(56)48-34(40(54)52-39)20-11-12-22-46/h3-10,14-19,27-28,34-39,47H,11-13,20-26,46H2,1-2H3,(H,48,56)(H,49,55)(H,50,57)(H,51,58)(H,52,54)/t34-,35-,36+,37-,38-,39-/m0/s1. The number of nitrogens with one attached hydrogen (secondary N) is 6. The van der Waals surface area contributed by atoms with Gasteiger partial charge in [-0.05, 0) is 67.3 Å². The fraction of sp³-hybridized carbons (Fsp3) is 0.422. The van der Waals surface area contributed by atoms with Gasteiger partial charge in [0.25, 0.3) is 0 Å². The second kappa shape index (κ2) is 20.1. The molecule has 0 radical (unpaired) electrons. The zero-order valence-electron chi connectivity index (χ0n) is 33.7. The third-order valence-electron chi connectivity index (χ3n) is 11.2. The van der Waals surface area contributed by atoms with Gasteiger partial charge in [-0.2, -0.15) is 0 Å². The number of unbranched alkanes of at least 4 members (excludes halogenated alkanes) is 1. The Balaban J connectivity index is 1.40. The molecule has 2 aliphatic heterocycles. The summed E-state index contributed by atoms with van der Waals surface area (Å²) < 4.78 is 0. The number of hydrogen-bond acceptors (Lipinski definition) is 7. The fourth-order valence-electron chi connectivity index (χ4n) is 7.97. The molecule has 8 N–H and O–H groups in total. The Morgan fingerprint density at radius 3 is 1.85 bits per heavy atom. The lowest BCUT2D eigenvalue weighted by Gasteiger charge is -2.32. The maximum Gasteiger partial charge on any atom is 0.246 e. The van der Waals surface area contributed by atoms with Crippen molar-refractivity contribution in [3.8, 4) is 0 Å². The van der Waals surface area contributed by atoms with Crippen molar-refractivity contribution in [2.24, 2.45) is 11.7 Å². The van der Waals surface area contributed by atoms with E-state index in [0.29, 0.717) is 32.2 Å². The van der Waals surface area contributed by atoms with Gasteiger partial charge in [0.15, 0.2) is 0 Å². The molecule has 0 bridgehead atoms. The van der Waals surface area contributed by atoms with Crippen molar-refractivity contribution >= 4 is 46.3 Å². The Hall–Kier alpha value is -6.02. The number of nitrogens with zero attached hydrogens (tertiary/aromatic N) is 1. The minimum atomic E-state index is -1.17. The average molecular weight is 805 g/mol. The first-order valence-corrected chi connectivity index (χ1v) is 20.7. The summed E-state index contributed by atoms with van der Waals surface area (Å²) in [6.45, 7) is 4.22. The van der Waals surface area contributed by atoms with E-state index in [2.05, 4.69) is 31.6 Å². The summed E-state index contributed by atoms with van der Waals surface area (Å²) in [6, 6.07) is 19.6. The van der Waals surface area contributed by atoms with Gasteiger partial charge in [0, 0.05) is 42.9 Å². The highest BCUT2D eigenvalue weighted by atomic mass is 16.2. The third-order valence-corrected chi connectivity index (χ3v) is 11.2. The summed E-state index contributed by atoms with van der Waals surface area (Å²) in [5, 5.41) is 15.4. The molecule has 6 amide bonds. The summed E-state index contributed by atoms with van der Waals surface area (Å²) in [6.07, 6.45) is 4.29. The highest BCUT2D eigenvalue weighted by molar-refractivity contribution is 5.99. The molecule has 2 fully saturated rings. The molecule has 1 aromatic heterocycles. The van der Waals surface area contributed by atoms with Gasteiger partial charge in [-0.15, -0.1) is 0 Å². The van der Waals surface area contributed by atoms with Crippen LogP contribution in [0.5, 0.6) is 0 Å². The predicted molar refractivity (Wildman–Crippen MR) is 224 cm³/mol. The normalized spacial score (nSPS) is 23.8. The van der Waals surface area contributed by atoms with Crippen molar-refractivity contribution in [2.45, 2.75) is 101 Å². The lowest BCUT2D eigenvalue weighted by Crippen LogP contribution is -2.62. The molecular formula is C45H56N8O6. The molecule has 59 heavy (non-hydrogen) atoms. The van der Waals surface area contributed by atoms with Gasteiger partial charge in [0.1, 0.15) is 36.3 Å². The minimum absolute atomic E-state index is 0.0649. The number of H-pyrrole nitrogens is 1. The number of aromatic amines is 1. The second-order valence-electron chi connectivity index (χ2n) is 15.9. The van der Waals surface area contributed by atoms with Crippen LogP contribution in [-0.2, 0) is 48.0 Å². The Kier molecular flexibility index (Phi) is 14.5. The quantitative estimate of drug-likeness (QED) is 0.113. The molecule has 14 nitrogen and oxygen atoms in total. The van der Waals surface area contributed by atoms with Crippen LogP contribution in [-0.4, -0.2) is 94.7 Å². The van der Waals surface area contributed by atoms with Crippen molar-refractivity contribution in [3.05, 3.63) is 108 Å². The topological polar surface area (TPSA) is 208 Å². The lowest BCUT2D eigenvalue weighted by molar-refractivity contribution is -0.143. The SMILES string of the molecule is CC(C)[C@@H]1NC(=O)[C@H](CCCCN)NC(=O)[C@@H](Cc2c[nH]c3ccccc23)NC(=O)[C@H](Cc2ccccc2)NC(=O)[C@@H]2CCCN2C(=O)[C@H](Cc2ccccc2)NC1=O. The number of rotatable bonds is 11. The molecule has 2 aliphatic rings. The maximum atomic E-state index is 14.5. The summed E-state index contributed by atoms with van der Waals surface area (Å²) >= 11 is 0. The van der Waals surface area contributed by atoms with E-state index in [0.717, 1.165) is 27.6 Å². The van der Waals surface area contributed by atoms with E-state index in [1.54, 1.807) is 20.0 Å². The summed E-state index contributed by atoms with van der Waals surface area (Å²) in [5.74, 6) is -3.71. The third kappa shape index (κ3) is 10.9. The van der Waals surface area contributed by atoms with Gasteiger partial charge in [-0.25, -0.2) is 0 Å². The van der Waals surface area contributed by atoms with Crippen LogP contribution in [0.3, 0.4) is 0 Å². The van der Waals surface area contributed by atoms with Crippen molar-refractivity contribution in [2.75, 3.05) is 13.1 Å². The highest BCUT2D eigenvalue weighted by Gasteiger charge is 2.41. The van der Waals surface area contributed by atoms with Crippen LogP contribution >= 0.6 is 0 Å². The number of nitrogens with two attached hydrogens (primary N) is 1. The molecular weight excluding hydrogens is 749 g/mol. The van der Waals surface area contributed by atoms with Crippen LogP contribution < -0.4 is 32.3 Å². The van der Waals surface area contributed by atoms with Crippen LogP contribution in [0, 0.1) is 5.92 Å². The van der Waals surface area contributed by atoms with E-state index in [-0.39, 0.29) is 32.2 Å². The molecule has 6 rings (SSSR count). The highest BCUT2D eigenvalue weighted by Crippen LogP contribution is 2.22. The molecule has 3 aromatic carbocycles. The molecule has 0 aliphatic carbocycles. The van der Waals surface area contributed by atoms with Gasteiger partial charge in [-0.1, -0.05) is 92.7 Å². The van der Waals surface area contributed by atoms with Crippen LogP contribution in [0.15, 0.2) is 91.1 Å². The van der Waals surface area contributed by atoms with Gasteiger partial charge in [0.05, 0.1) is 0 Å². The fourth-order valence-corrected chi connectivity index (χ4v) is 7.97. The van der Waals surface area contributed by atoms with Gasteiger partial charge < -0.3 is 42.2 Å². The Morgan fingerprint density at radius 1 is 0.627 bits per heavy atom. The van der Waals surface area contributed by atoms with Gasteiger partial charge in [0.2, 0.25) is 35.4 Å². The Morgan fingerprint density at radius 2 is 1.19 bits per heavy atom. The van der Waals surface area contributed by atoms with E-state index in [9.17, 15) is 28.8 Å². The summed E-state index contributed by atoms with van der Waals surface area (Å²) in [7, 11) is 0. The molecule has 3 heterocycles. The molecule has 0 spiro atoms. The van der Waals surface area contributed by atoms with E-state index in [4.69, 9.17) is 5.73 Å². The van der Waals surface area contributed by atoms with Crippen LogP contribution in [0.25, 0.3) is 10.9 Å². The van der Waals surface area contributed by atoms with E-state index in [1.807, 2.05) is 84.9 Å². The zero-order valence-corrected chi connectivity index (χ0v) is 33.7. The van der Waals surface area contributed by atoms with Crippen molar-refractivity contribution in [1.82, 2.24) is 36.5 Å². The molecule has 312 valence electrons. The number of amides is 6. The monoisotopic (exact) mass is 804 g/mol. The van der Waals surface area contributed by atoms with Gasteiger partial charge >= 0.3 is 0 Å². The molecule has 2 saturated heterocycles. The molecule has 6 atom stereocenters. The first kappa shape index (κ1) is 42.6. The Bertz CT molecular complexity index is 2090. The van der Waals surface area contributed by atoms with Crippen LogP contribution in [0.1, 0.15) is 62.6 Å². The second-order valence-corrected chi connectivity index (χ2v) is 15.9. The first-order valence-electron chi connectivity index (χ1n) is 20.7. The zero-order chi connectivity index (χ0) is 41.9. The van der Waals surface area contributed by atoms with Crippen LogP contribution in [0.4, 0.5) is 0 Å². The number of benzene rings is 3. The van der Waals surface area contributed by atoms with E-state index in [1.165, 1.54) is 4.90 Å². The van der Waals surface area contributed by atoms with Crippen molar-refractivity contribution in [1.29, 1.82) is 0 Å². The minimum Gasteiger partial charge on any atom is -0.361 e. The number of fused-ring (bicyclic) bond motifs is 2. The molecule has 4 aromatic rings. The number of carbonyl (C=O) groups is 6. The average Bonchev–Trinajstić information content (AvgIpc) is 3.90. The Labute approximate surface area is 344 Å². The van der Waals surface area contributed by atoms with Crippen molar-refractivity contribution in [3.63, 3.8) is 0 Å².